The Morgan fingerprint density at radius 2 is 1.74 bits per heavy atom. The second kappa shape index (κ2) is 9.83. The first kappa shape index (κ1) is 19.8. The quantitative estimate of drug-likeness (QED) is 0.798. The van der Waals surface area contributed by atoms with Gasteiger partial charge < -0.3 is 15.3 Å². The van der Waals surface area contributed by atoms with Gasteiger partial charge in [0.15, 0.2) is 0 Å². The smallest absolute Gasteiger partial charge is 0.225 e. The monoisotopic (exact) mass is 373 g/mol. The lowest BCUT2D eigenvalue weighted by molar-refractivity contribution is -0.138. The molecule has 0 bridgehead atoms. The number of piperidine rings is 1. The van der Waals surface area contributed by atoms with Crippen molar-refractivity contribution in [3.63, 3.8) is 0 Å². The number of aliphatic hydroxyl groups is 1. The summed E-state index contributed by atoms with van der Waals surface area (Å²) in [5.41, 5.74) is 1.12. The average molecular weight is 373 g/mol. The average Bonchev–Trinajstić information content (AvgIpc) is 2.73. The van der Waals surface area contributed by atoms with Crippen LogP contribution in [0.5, 0.6) is 0 Å². The molecule has 2 amide bonds. The summed E-state index contributed by atoms with van der Waals surface area (Å²) in [6, 6.07) is 4.07. The summed E-state index contributed by atoms with van der Waals surface area (Å²) in [6.45, 7) is 1.78. The van der Waals surface area contributed by atoms with E-state index in [2.05, 4.69) is 10.3 Å². The highest BCUT2D eigenvalue weighted by Gasteiger charge is 2.31. The molecule has 0 spiro atoms. The number of aliphatic hydroxyl groups excluding tert-OH is 1. The molecule has 0 aromatic carbocycles. The molecule has 6 heteroatoms. The first-order valence-corrected chi connectivity index (χ1v) is 10.2. The van der Waals surface area contributed by atoms with Crippen LogP contribution >= 0.6 is 0 Å². The molecule has 0 unspecified atom stereocenters. The van der Waals surface area contributed by atoms with Crippen LogP contribution in [0.25, 0.3) is 0 Å². The van der Waals surface area contributed by atoms with Gasteiger partial charge in [-0.25, -0.2) is 0 Å². The number of carbonyl (C=O) groups is 2. The minimum atomic E-state index is 0.0904. The summed E-state index contributed by atoms with van der Waals surface area (Å²) in [5.74, 6) is 0.814. The molecule has 6 nitrogen and oxygen atoms in total. The van der Waals surface area contributed by atoms with Gasteiger partial charge in [-0.1, -0.05) is 0 Å². The maximum atomic E-state index is 12.7. The predicted molar refractivity (Wildman–Crippen MR) is 103 cm³/mol. The molecule has 2 N–H and O–H groups in total. The molecule has 2 aliphatic rings. The summed E-state index contributed by atoms with van der Waals surface area (Å²) in [5, 5.41) is 12.4. The summed E-state index contributed by atoms with van der Waals surface area (Å²) in [6.07, 6.45) is 10.00. The molecule has 148 valence electrons. The highest BCUT2D eigenvalue weighted by atomic mass is 16.3. The van der Waals surface area contributed by atoms with Gasteiger partial charge in [0.1, 0.15) is 0 Å². The molecule has 1 aromatic rings. The van der Waals surface area contributed by atoms with Crippen LogP contribution in [0, 0.1) is 11.8 Å². The van der Waals surface area contributed by atoms with Gasteiger partial charge in [-0.15, -0.1) is 0 Å². The van der Waals surface area contributed by atoms with Gasteiger partial charge in [0, 0.05) is 50.5 Å². The lowest BCUT2D eigenvalue weighted by Crippen LogP contribution is -2.45. The number of nitrogens with one attached hydrogen (secondary N) is 1. The number of hydrogen-bond donors (Lipinski definition) is 2. The topological polar surface area (TPSA) is 82.5 Å². The summed E-state index contributed by atoms with van der Waals surface area (Å²) < 4.78 is 0. The van der Waals surface area contributed by atoms with E-state index >= 15 is 0 Å². The van der Waals surface area contributed by atoms with Crippen molar-refractivity contribution in [1.82, 2.24) is 15.2 Å². The van der Waals surface area contributed by atoms with Gasteiger partial charge in [-0.05, 0) is 68.6 Å². The number of aromatic nitrogens is 1. The van der Waals surface area contributed by atoms with Gasteiger partial charge in [0.25, 0.3) is 0 Å². The number of likely N-dealkylation sites (tertiary alicyclic amines) is 1. The largest absolute Gasteiger partial charge is 0.396 e. The van der Waals surface area contributed by atoms with E-state index in [1.54, 1.807) is 12.4 Å². The van der Waals surface area contributed by atoms with Crippen molar-refractivity contribution in [3.05, 3.63) is 30.1 Å². The van der Waals surface area contributed by atoms with E-state index in [1.165, 1.54) is 0 Å². The Bertz CT molecular complexity index is 606. The first-order valence-electron chi connectivity index (χ1n) is 10.2. The van der Waals surface area contributed by atoms with Gasteiger partial charge in [-0.3, -0.25) is 14.6 Å². The second-order valence-electron chi connectivity index (χ2n) is 7.92. The summed E-state index contributed by atoms with van der Waals surface area (Å²) >= 11 is 0. The molecular formula is C21H31N3O3. The van der Waals surface area contributed by atoms with Crippen LogP contribution in [0.15, 0.2) is 24.5 Å². The van der Waals surface area contributed by atoms with Gasteiger partial charge >= 0.3 is 0 Å². The van der Waals surface area contributed by atoms with Crippen LogP contribution in [0.2, 0.25) is 0 Å². The molecule has 0 radical (unpaired) electrons. The van der Waals surface area contributed by atoms with Gasteiger partial charge in [0.2, 0.25) is 11.8 Å². The maximum Gasteiger partial charge on any atom is 0.225 e. The van der Waals surface area contributed by atoms with Gasteiger partial charge in [-0.2, -0.15) is 0 Å². The molecule has 27 heavy (non-hydrogen) atoms. The van der Waals surface area contributed by atoms with E-state index in [0.29, 0.717) is 12.3 Å². The van der Waals surface area contributed by atoms with Crippen LogP contribution in [0.3, 0.4) is 0 Å². The van der Waals surface area contributed by atoms with E-state index in [4.69, 9.17) is 0 Å². The third-order valence-electron chi connectivity index (χ3n) is 6.02. The van der Waals surface area contributed by atoms with Crippen LogP contribution in [-0.2, 0) is 16.0 Å². The Morgan fingerprint density at radius 1 is 1.07 bits per heavy atom. The van der Waals surface area contributed by atoms with Crippen molar-refractivity contribution >= 4 is 11.8 Å². The third-order valence-corrected chi connectivity index (χ3v) is 6.02. The Kier molecular flexibility index (Phi) is 7.21. The number of carbonyl (C=O) groups excluding carboxylic acids is 2. The normalized spacial score (nSPS) is 23.8. The molecule has 2 fully saturated rings. The van der Waals surface area contributed by atoms with E-state index in [0.717, 1.165) is 63.6 Å². The first-order chi connectivity index (χ1) is 13.2. The van der Waals surface area contributed by atoms with Crippen molar-refractivity contribution in [2.24, 2.45) is 11.8 Å². The fourth-order valence-electron chi connectivity index (χ4n) is 4.19. The maximum absolute atomic E-state index is 12.7. The van der Waals surface area contributed by atoms with Crippen LogP contribution in [-0.4, -0.2) is 52.5 Å². The van der Waals surface area contributed by atoms with E-state index in [1.807, 2.05) is 17.0 Å². The Labute approximate surface area is 161 Å². The molecule has 2 heterocycles. The van der Waals surface area contributed by atoms with Crippen LogP contribution < -0.4 is 5.32 Å². The highest BCUT2D eigenvalue weighted by molar-refractivity contribution is 5.79. The minimum Gasteiger partial charge on any atom is -0.396 e. The van der Waals surface area contributed by atoms with Crippen molar-refractivity contribution in [3.8, 4) is 0 Å². The zero-order chi connectivity index (χ0) is 19.1. The summed E-state index contributed by atoms with van der Waals surface area (Å²) in [4.78, 5) is 30.9. The molecule has 0 atom stereocenters. The summed E-state index contributed by atoms with van der Waals surface area (Å²) in [7, 11) is 0. The standard InChI is InChI=1S/C21H31N3O3/c25-15-17-9-13-24(14-10-17)21(27)18-2-4-19(5-3-18)23-20(26)6-1-16-7-11-22-12-8-16/h7-8,11-12,17-19,25H,1-6,9-10,13-15H2,(H,23,26). The van der Waals surface area contributed by atoms with Gasteiger partial charge in [0.05, 0.1) is 0 Å². The van der Waals surface area contributed by atoms with Crippen molar-refractivity contribution in [2.75, 3.05) is 19.7 Å². The number of pyridine rings is 1. The zero-order valence-electron chi connectivity index (χ0n) is 16.0. The second-order valence-corrected chi connectivity index (χ2v) is 7.92. The SMILES string of the molecule is O=C(CCc1ccncc1)NC1CCC(C(=O)N2CCC(CO)CC2)CC1. The van der Waals surface area contributed by atoms with E-state index < -0.39 is 0 Å². The van der Waals surface area contributed by atoms with Crippen molar-refractivity contribution < 1.29 is 14.7 Å². The number of aryl methyl sites for hydroxylation is 1. The molecule has 1 aliphatic heterocycles. The van der Waals surface area contributed by atoms with E-state index in [-0.39, 0.29) is 30.4 Å². The fraction of sp³-hybridized carbons (Fsp3) is 0.667. The van der Waals surface area contributed by atoms with E-state index in [9.17, 15) is 14.7 Å². The number of hydrogen-bond acceptors (Lipinski definition) is 4. The number of rotatable bonds is 6. The molecule has 1 aromatic heterocycles. The molecule has 1 saturated heterocycles. The van der Waals surface area contributed by atoms with Crippen molar-refractivity contribution in [1.29, 1.82) is 0 Å². The Balaban J connectivity index is 1.36. The van der Waals surface area contributed by atoms with Crippen LogP contribution in [0.1, 0.15) is 50.5 Å². The Hall–Kier alpha value is -1.95. The predicted octanol–water partition coefficient (Wildman–Crippen LogP) is 1.92. The zero-order valence-corrected chi connectivity index (χ0v) is 16.0. The third kappa shape index (κ3) is 5.76. The highest BCUT2D eigenvalue weighted by Crippen LogP contribution is 2.28. The fourth-order valence-corrected chi connectivity index (χ4v) is 4.19. The lowest BCUT2D eigenvalue weighted by atomic mass is 9.84. The number of amides is 2. The lowest BCUT2D eigenvalue weighted by Gasteiger charge is -2.36. The van der Waals surface area contributed by atoms with Crippen molar-refractivity contribution in [2.45, 2.75) is 57.4 Å². The molecule has 1 aliphatic carbocycles. The molecule has 1 saturated carbocycles. The Morgan fingerprint density at radius 3 is 2.37 bits per heavy atom. The minimum absolute atomic E-state index is 0.0904. The molecular weight excluding hydrogens is 342 g/mol. The van der Waals surface area contributed by atoms with Crippen LogP contribution in [0.4, 0.5) is 0 Å². The number of nitrogens with zero attached hydrogens (tertiary/aromatic N) is 2. The molecule has 3 rings (SSSR count).